The third kappa shape index (κ3) is 2.38. The molecule has 5 nitrogen and oxygen atoms in total. The molecule has 0 aliphatic carbocycles. The number of rotatable bonds is 2. The fourth-order valence-corrected chi connectivity index (χ4v) is 1.20. The highest BCUT2D eigenvalue weighted by Crippen LogP contribution is 2.10. The largest absolute Gasteiger partial charge is 0.506 e. The molecule has 0 atom stereocenters. The van der Waals surface area contributed by atoms with Crippen molar-refractivity contribution in [3.63, 3.8) is 0 Å². The maximum absolute atomic E-state index is 9.76. The Bertz CT molecular complexity index is 510. The molecular weight excluding hydrogens is 204 g/mol. The molecule has 2 rings (SSSR count). The predicted molar refractivity (Wildman–Crippen MR) is 59.3 cm³/mol. The van der Waals surface area contributed by atoms with Crippen LogP contribution in [0.4, 0.5) is 0 Å². The number of hydrogen-bond acceptors (Lipinski definition) is 5. The Morgan fingerprint density at radius 1 is 1.25 bits per heavy atom. The molecule has 0 aromatic carbocycles. The second-order valence-corrected chi connectivity index (χ2v) is 3.20. The molecule has 16 heavy (non-hydrogen) atoms. The van der Waals surface area contributed by atoms with Crippen LogP contribution in [0.15, 0.2) is 31.0 Å². The summed E-state index contributed by atoms with van der Waals surface area (Å²) in [6, 6.07) is 1.77. The highest BCUT2D eigenvalue weighted by Gasteiger charge is 2.01. The Morgan fingerprint density at radius 3 is 2.81 bits per heavy atom. The number of aromatic nitrogens is 4. The van der Waals surface area contributed by atoms with Gasteiger partial charge in [-0.3, -0.25) is 4.98 Å². The van der Waals surface area contributed by atoms with Crippen molar-refractivity contribution in [2.45, 2.75) is 6.92 Å². The van der Waals surface area contributed by atoms with Crippen LogP contribution in [-0.4, -0.2) is 25.0 Å². The molecule has 0 saturated heterocycles. The van der Waals surface area contributed by atoms with Crippen molar-refractivity contribution in [1.82, 2.24) is 19.9 Å². The summed E-state index contributed by atoms with van der Waals surface area (Å²) in [6.45, 7) is 1.86. The Labute approximate surface area is 92.6 Å². The minimum Gasteiger partial charge on any atom is -0.506 e. The van der Waals surface area contributed by atoms with E-state index in [1.165, 1.54) is 24.8 Å². The van der Waals surface area contributed by atoms with Crippen molar-refractivity contribution in [3.05, 3.63) is 48.1 Å². The Morgan fingerprint density at radius 2 is 2.12 bits per heavy atom. The molecule has 0 bridgehead atoms. The minimum atomic E-state index is 0.0335. The molecule has 0 aliphatic heterocycles. The molecule has 0 radical (unpaired) electrons. The average molecular weight is 214 g/mol. The Kier molecular flexibility index (Phi) is 2.86. The van der Waals surface area contributed by atoms with E-state index in [4.69, 9.17) is 0 Å². The van der Waals surface area contributed by atoms with E-state index < -0.39 is 0 Å². The third-order valence-corrected chi connectivity index (χ3v) is 1.94. The van der Waals surface area contributed by atoms with Crippen LogP contribution >= 0.6 is 0 Å². The molecule has 0 spiro atoms. The quantitative estimate of drug-likeness (QED) is 0.769. The molecule has 0 fully saturated rings. The summed E-state index contributed by atoms with van der Waals surface area (Å²) in [7, 11) is 0. The lowest BCUT2D eigenvalue weighted by Crippen LogP contribution is -1.91. The van der Waals surface area contributed by atoms with E-state index in [1.807, 2.05) is 6.92 Å². The first-order valence-corrected chi connectivity index (χ1v) is 4.71. The molecule has 80 valence electrons. The predicted octanol–water partition coefficient (Wildman–Crippen LogP) is 1.63. The number of aryl methyl sites for hydroxylation is 1. The topological polar surface area (TPSA) is 71.8 Å². The lowest BCUT2D eigenvalue weighted by Gasteiger charge is -1.98. The lowest BCUT2D eigenvalue weighted by atomic mass is 10.2. The van der Waals surface area contributed by atoms with Crippen molar-refractivity contribution >= 4 is 11.8 Å². The van der Waals surface area contributed by atoms with Crippen LogP contribution in [0.2, 0.25) is 0 Å². The molecular formula is C11H10N4O. The van der Waals surface area contributed by atoms with Crippen LogP contribution in [0.5, 0.6) is 0 Å². The number of aliphatic hydroxyl groups excluding tert-OH is 1. The fourth-order valence-electron chi connectivity index (χ4n) is 1.20. The summed E-state index contributed by atoms with van der Waals surface area (Å²) in [4.78, 5) is 15.8. The highest BCUT2D eigenvalue weighted by atomic mass is 16.3. The molecule has 5 heteroatoms. The molecule has 1 N–H and O–H groups in total. The van der Waals surface area contributed by atoms with Crippen LogP contribution in [0.1, 0.15) is 17.1 Å². The van der Waals surface area contributed by atoms with Gasteiger partial charge in [-0.05, 0) is 13.0 Å². The second-order valence-electron chi connectivity index (χ2n) is 3.20. The summed E-state index contributed by atoms with van der Waals surface area (Å²) in [6.07, 6.45) is 7.53. The monoisotopic (exact) mass is 214 g/mol. The van der Waals surface area contributed by atoms with E-state index in [1.54, 1.807) is 12.3 Å². The molecule has 2 aromatic rings. The fraction of sp³-hybridized carbons (Fsp3) is 0.0909. The molecule has 0 aliphatic rings. The SMILES string of the molecule is Cc1cc(/C=C(\O)c2cnccn2)ncn1. The minimum absolute atomic E-state index is 0.0335. The van der Waals surface area contributed by atoms with E-state index in [0.717, 1.165) is 5.69 Å². The molecule has 2 heterocycles. The number of aliphatic hydroxyl groups is 1. The first-order chi connectivity index (χ1) is 7.75. The van der Waals surface area contributed by atoms with Gasteiger partial charge in [0, 0.05) is 24.2 Å². The zero-order chi connectivity index (χ0) is 11.4. The summed E-state index contributed by atoms with van der Waals surface area (Å²) in [5.41, 5.74) is 1.89. The van der Waals surface area contributed by atoms with Crippen LogP contribution < -0.4 is 0 Å². The van der Waals surface area contributed by atoms with E-state index >= 15 is 0 Å². The zero-order valence-electron chi connectivity index (χ0n) is 8.70. The van der Waals surface area contributed by atoms with E-state index in [2.05, 4.69) is 19.9 Å². The number of nitrogens with zero attached hydrogens (tertiary/aromatic N) is 4. The standard InChI is InChI=1S/C11H10N4O/c1-8-4-9(15-7-14-8)5-11(16)10-6-12-2-3-13-10/h2-7,16H,1H3/b11-5-. The lowest BCUT2D eigenvalue weighted by molar-refractivity contribution is 0.511. The Hall–Kier alpha value is -2.30. The van der Waals surface area contributed by atoms with Gasteiger partial charge in [-0.25, -0.2) is 15.0 Å². The van der Waals surface area contributed by atoms with Crippen LogP contribution in [0.25, 0.3) is 11.8 Å². The van der Waals surface area contributed by atoms with Gasteiger partial charge in [0.25, 0.3) is 0 Å². The normalized spacial score (nSPS) is 11.4. The van der Waals surface area contributed by atoms with E-state index in [-0.39, 0.29) is 5.76 Å². The van der Waals surface area contributed by atoms with Gasteiger partial charge in [0.2, 0.25) is 0 Å². The molecule has 2 aromatic heterocycles. The van der Waals surface area contributed by atoms with Gasteiger partial charge in [0.1, 0.15) is 17.8 Å². The average Bonchev–Trinajstić information content (AvgIpc) is 2.30. The second kappa shape index (κ2) is 4.48. The smallest absolute Gasteiger partial charge is 0.144 e. The highest BCUT2D eigenvalue weighted by molar-refractivity contribution is 5.72. The molecule has 0 amide bonds. The summed E-state index contributed by atoms with van der Waals surface area (Å²) >= 11 is 0. The van der Waals surface area contributed by atoms with Crippen molar-refractivity contribution in [2.75, 3.05) is 0 Å². The molecule has 0 saturated carbocycles. The van der Waals surface area contributed by atoms with Gasteiger partial charge in [-0.15, -0.1) is 0 Å². The van der Waals surface area contributed by atoms with Gasteiger partial charge in [-0.2, -0.15) is 0 Å². The van der Waals surface area contributed by atoms with Gasteiger partial charge in [0.05, 0.1) is 11.9 Å². The maximum atomic E-state index is 9.76. The van der Waals surface area contributed by atoms with Crippen molar-refractivity contribution in [2.24, 2.45) is 0 Å². The van der Waals surface area contributed by atoms with Gasteiger partial charge >= 0.3 is 0 Å². The van der Waals surface area contributed by atoms with Crippen molar-refractivity contribution in [3.8, 4) is 0 Å². The maximum Gasteiger partial charge on any atom is 0.144 e. The summed E-state index contributed by atoms with van der Waals surface area (Å²) in [5, 5.41) is 9.76. The summed E-state index contributed by atoms with van der Waals surface area (Å²) < 4.78 is 0. The first-order valence-electron chi connectivity index (χ1n) is 4.71. The van der Waals surface area contributed by atoms with E-state index in [9.17, 15) is 5.11 Å². The first kappa shape index (κ1) is 10.2. The van der Waals surface area contributed by atoms with Gasteiger partial charge < -0.3 is 5.11 Å². The zero-order valence-corrected chi connectivity index (χ0v) is 8.70. The van der Waals surface area contributed by atoms with Crippen molar-refractivity contribution < 1.29 is 5.11 Å². The van der Waals surface area contributed by atoms with Gasteiger partial charge in [0.15, 0.2) is 0 Å². The van der Waals surface area contributed by atoms with Crippen LogP contribution in [0, 0.1) is 6.92 Å². The summed E-state index contributed by atoms with van der Waals surface area (Å²) in [5.74, 6) is 0.0335. The Balaban J connectivity index is 2.32. The van der Waals surface area contributed by atoms with E-state index in [0.29, 0.717) is 11.4 Å². The number of hydrogen-bond donors (Lipinski definition) is 1. The van der Waals surface area contributed by atoms with Crippen LogP contribution in [0.3, 0.4) is 0 Å². The van der Waals surface area contributed by atoms with Crippen molar-refractivity contribution in [1.29, 1.82) is 0 Å². The molecule has 0 unspecified atom stereocenters. The van der Waals surface area contributed by atoms with Gasteiger partial charge in [-0.1, -0.05) is 0 Å². The van der Waals surface area contributed by atoms with Crippen LogP contribution in [-0.2, 0) is 0 Å². The third-order valence-electron chi connectivity index (χ3n) is 1.94.